The number of carbonyl (C=O) groups is 5. The van der Waals surface area contributed by atoms with Gasteiger partial charge < -0.3 is 31.9 Å². The first kappa shape index (κ1) is 30.7. The summed E-state index contributed by atoms with van der Waals surface area (Å²) in [5, 5.41) is 25.7. The molecule has 0 aliphatic rings. The lowest BCUT2D eigenvalue weighted by atomic mass is 9.97. The molecule has 7 N–H and O–H groups in total. The molecule has 0 aliphatic carbocycles. The molecular formula is C21H38N4O7S. The maximum Gasteiger partial charge on any atom is 0.326 e. The van der Waals surface area contributed by atoms with Gasteiger partial charge in [0.05, 0.1) is 6.04 Å². The highest BCUT2D eigenvalue weighted by molar-refractivity contribution is 7.98. The normalized spacial score (nSPS) is 15.6. The zero-order chi connectivity index (χ0) is 25.7. The summed E-state index contributed by atoms with van der Waals surface area (Å²) < 4.78 is 0. The predicted octanol–water partition coefficient (Wildman–Crippen LogP) is 0.173. The molecule has 0 bridgehead atoms. The van der Waals surface area contributed by atoms with Gasteiger partial charge in [0.15, 0.2) is 0 Å². The molecule has 0 rings (SSSR count). The van der Waals surface area contributed by atoms with Crippen LogP contribution in [0.1, 0.15) is 53.4 Å². The summed E-state index contributed by atoms with van der Waals surface area (Å²) in [4.78, 5) is 60.5. The number of nitrogens with one attached hydrogen (secondary N) is 3. The van der Waals surface area contributed by atoms with Gasteiger partial charge in [0.25, 0.3) is 0 Å². The number of hydrogen-bond donors (Lipinski definition) is 6. The molecule has 0 saturated heterocycles. The van der Waals surface area contributed by atoms with E-state index < -0.39 is 60.2 Å². The first-order valence-electron chi connectivity index (χ1n) is 11.0. The number of hydrogen-bond acceptors (Lipinski definition) is 7. The molecule has 3 amide bonds. The van der Waals surface area contributed by atoms with Crippen molar-refractivity contribution in [1.29, 1.82) is 0 Å². The molecular weight excluding hydrogens is 452 g/mol. The Balaban J connectivity index is 5.52. The van der Waals surface area contributed by atoms with Crippen LogP contribution in [0.5, 0.6) is 0 Å². The SMILES string of the molecule is CCC(C)C(NC(=O)C(CCSC)NC(=O)C(N)C(C)C)C(=O)NC(CCC(=O)O)C(=O)O. The van der Waals surface area contributed by atoms with Crippen molar-refractivity contribution in [2.75, 3.05) is 12.0 Å². The highest BCUT2D eigenvalue weighted by atomic mass is 32.2. The van der Waals surface area contributed by atoms with E-state index in [1.54, 1.807) is 20.8 Å². The van der Waals surface area contributed by atoms with Crippen LogP contribution < -0.4 is 21.7 Å². The average molecular weight is 491 g/mol. The van der Waals surface area contributed by atoms with Gasteiger partial charge in [0, 0.05) is 6.42 Å². The molecule has 12 heteroatoms. The van der Waals surface area contributed by atoms with Gasteiger partial charge in [-0.1, -0.05) is 34.1 Å². The Labute approximate surface area is 199 Å². The van der Waals surface area contributed by atoms with E-state index in [2.05, 4.69) is 16.0 Å². The summed E-state index contributed by atoms with van der Waals surface area (Å²) in [6.07, 6.45) is 1.95. The number of carbonyl (C=O) groups excluding carboxylic acids is 3. The van der Waals surface area contributed by atoms with Gasteiger partial charge in [0.2, 0.25) is 17.7 Å². The molecule has 5 atom stereocenters. The minimum atomic E-state index is -1.41. The maximum absolute atomic E-state index is 13.0. The van der Waals surface area contributed by atoms with Crippen molar-refractivity contribution in [3.05, 3.63) is 0 Å². The van der Waals surface area contributed by atoms with Crippen LogP contribution in [-0.4, -0.2) is 76.0 Å². The van der Waals surface area contributed by atoms with Crippen molar-refractivity contribution in [3.63, 3.8) is 0 Å². The third-order valence-electron chi connectivity index (χ3n) is 5.32. The van der Waals surface area contributed by atoms with Gasteiger partial charge in [-0.25, -0.2) is 4.79 Å². The topological polar surface area (TPSA) is 188 Å². The lowest BCUT2D eigenvalue weighted by molar-refractivity contribution is -0.143. The van der Waals surface area contributed by atoms with Crippen LogP contribution in [0, 0.1) is 11.8 Å². The molecule has 0 spiro atoms. The Morgan fingerprint density at radius 1 is 0.879 bits per heavy atom. The molecule has 0 heterocycles. The van der Waals surface area contributed by atoms with Crippen LogP contribution in [-0.2, 0) is 24.0 Å². The fraction of sp³-hybridized carbons (Fsp3) is 0.762. The lowest BCUT2D eigenvalue weighted by Crippen LogP contribution is -2.59. The number of amides is 3. The van der Waals surface area contributed by atoms with E-state index in [0.717, 1.165) is 0 Å². The first-order valence-corrected chi connectivity index (χ1v) is 12.3. The van der Waals surface area contributed by atoms with E-state index >= 15 is 0 Å². The lowest BCUT2D eigenvalue weighted by Gasteiger charge is -2.28. The molecule has 0 saturated carbocycles. The van der Waals surface area contributed by atoms with Crippen molar-refractivity contribution in [2.24, 2.45) is 17.6 Å². The molecule has 0 fully saturated rings. The first-order chi connectivity index (χ1) is 15.3. The fourth-order valence-corrected chi connectivity index (χ4v) is 3.29. The summed E-state index contributed by atoms with van der Waals surface area (Å²) in [5.74, 6) is -4.25. The summed E-state index contributed by atoms with van der Waals surface area (Å²) in [6.45, 7) is 7.11. The number of rotatable bonds is 16. The molecule has 33 heavy (non-hydrogen) atoms. The van der Waals surface area contributed by atoms with E-state index in [-0.39, 0.29) is 18.3 Å². The van der Waals surface area contributed by atoms with E-state index in [0.29, 0.717) is 18.6 Å². The largest absolute Gasteiger partial charge is 0.481 e. The number of aliphatic carboxylic acids is 2. The van der Waals surface area contributed by atoms with Gasteiger partial charge >= 0.3 is 11.9 Å². The van der Waals surface area contributed by atoms with Crippen LogP contribution in [0.15, 0.2) is 0 Å². The molecule has 0 aromatic heterocycles. The monoisotopic (exact) mass is 490 g/mol. The molecule has 0 aliphatic heterocycles. The van der Waals surface area contributed by atoms with Crippen molar-refractivity contribution in [1.82, 2.24) is 16.0 Å². The standard InChI is InChI=1S/C21H38N4O7S/c1-6-12(4)17(20(30)24-14(21(31)32)7-8-15(26)27)25-18(28)13(9-10-33-5)23-19(29)16(22)11(2)3/h11-14,16-17H,6-10,22H2,1-5H3,(H,23,29)(H,24,30)(H,25,28)(H,26,27)(H,31,32). The molecule has 0 radical (unpaired) electrons. The third kappa shape index (κ3) is 11.4. The molecule has 5 unspecified atom stereocenters. The zero-order valence-corrected chi connectivity index (χ0v) is 20.7. The van der Waals surface area contributed by atoms with Crippen LogP contribution in [0.4, 0.5) is 0 Å². The van der Waals surface area contributed by atoms with E-state index in [4.69, 9.17) is 10.8 Å². The fourth-order valence-electron chi connectivity index (χ4n) is 2.82. The molecule has 190 valence electrons. The van der Waals surface area contributed by atoms with Crippen molar-refractivity contribution >= 4 is 41.4 Å². The van der Waals surface area contributed by atoms with Crippen molar-refractivity contribution in [3.8, 4) is 0 Å². The van der Waals surface area contributed by atoms with Gasteiger partial charge in [-0.05, 0) is 36.7 Å². The Morgan fingerprint density at radius 2 is 1.45 bits per heavy atom. The average Bonchev–Trinajstić information content (AvgIpc) is 2.75. The van der Waals surface area contributed by atoms with Gasteiger partial charge in [-0.2, -0.15) is 11.8 Å². The second kappa shape index (κ2) is 15.5. The Morgan fingerprint density at radius 3 is 1.91 bits per heavy atom. The van der Waals surface area contributed by atoms with E-state index in [9.17, 15) is 29.1 Å². The zero-order valence-electron chi connectivity index (χ0n) is 19.9. The van der Waals surface area contributed by atoms with Crippen LogP contribution in [0.3, 0.4) is 0 Å². The third-order valence-corrected chi connectivity index (χ3v) is 5.96. The van der Waals surface area contributed by atoms with Crippen molar-refractivity contribution < 1.29 is 34.2 Å². The van der Waals surface area contributed by atoms with Gasteiger partial charge in [0.1, 0.15) is 18.1 Å². The quantitative estimate of drug-likeness (QED) is 0.175. The van der Waals surface area contributed by atoms with Crippen LogP contribution >= 0.6 is 11.8 Å². The Bertz CT molecular complexity index is 690. The summed E-state index contributed by atoms with van der Waals surface area (Å²) in [7, 11) is 0. The number of carboxylic acids is 2. The highest BCUT2D eigenvalue weighted by Gasteiger charge is 2.33. The smallest absolute Gasteiger partial charge is 0.326 e. The number of nitrogens with two attached hydrogens (primary N) is 1. The molecule has 0 aromatic carbocycles. The van der Waals surface area contributed by atoms with E-state index in [1.807, 2.05) is 13.2 Å². The van der Waals surface area contributed by atoms with Crippen molar-refractivity contribution in [2.45, 2.75) is 77.5 Å². The van der Waals surface area contributed by atoms with Crippen LogP contribution in [0.25, 0.3) is 0 Å². The Kier molecular flexibility index (Phi) is 14.4. The summed E-state index contributed by atoms with van der Waals surface area (Å²) in [6, 6.07) is -4.19. The van der Waals surface area contributed by atoms with Gasteiger partial charge in [-0.15, -0.1) is 0 Å². The molecule has 0 aromatic rings. The Hall–Kier alpha value is -2.34. The summed E-state index contributed by atoms with van der Waals surface area (Å²) >= 11 is 1.49. The van der Waals surface area contributed by atoms with Crippen LogP contribution in [0.2, 0.25) is 0 Å². The second-order valence-electron chi connectivity index (χ2n) is 8.32. The highest BCUT2D eigenvalue weighted by Crippen LogP contribution is 2.11. The molecule has 11 nitrogen and oxygen atoms in total. The van der Waals surface area contributed by atoms with Gasteiger partial charge in [-0.3, -0.25) is 19.2 Å². The number of thioether (sulfide) groups is 1. The van der Waals surface area contributed by atoms with E-state index in [1.165, 1.54) is 11.8 Å². The predicted molar refractivity (Wildman–Crippen MR) is 126 cm³/mol. The minimum absolute atomic E-state index is 0.133. The second-order valence-corrected chi connectivity index (χ2v) is 9.30. The number of carboxylic acid groups (broad SMARTS) is 2. The maximum atomic E-state index is 13.0. The minimum Gasteiger partial charge on any atom is -0.481 e. The summed E-state index contributed by atoms with van der Waals surface area (Å²) in [5.41, 5.74) is 5.88.